The minimum atomic E-state index is 0.0399. The molecule has 1 aliphatic carbocycles. The Hall–Kier alpha value is -2.67. The summed E-state index contributed by atoms with van der Waals surface area (Å²) in [6.07, 6.45) is 5.66. The number of hydrogen-bond donors (Lipinski definition) is 1. The van der Waals surface area contributed by atoms with E-state index < -0.39 is 0 Å². The lowest BCUT2D eigenvalue weighted by Crippen LogP contribution is -2.27. The fourth-order valence-corrected chi connectivity index (χ4v) is 3.25. The monoisotopic (exact) mass is 351 g/mol. The molecule has 3 aromatic rings. The molecule has 0 aliphatic heterocycles. The highest BCUT2D eigenvalue weighted by Gasteiger charge is 2.24. The van der Waals surface area contributed by atoms with Gasteiger partial charge in [0.25, 0.3) is 0 Å². The van der Waals surface area contributed by atoms with Crippen LogP contribution in [-0.2, 0) is 4.79 Å². The summed E-state index contributed by atoms with van der Waals surface area (Å²) in [6, 6.07) is 14.1. The number of pyridine rings is 1. The first-order valence-electron chi connectivity index (χ1n) is 8.14. The lowest BCUT2D eigenvalue weighted by molar-refractivity contribution is -0.118. The molecular formula is C18H17N5OS. The largest absolute Gasteiger partial charge is 0.353 e. The number of amides is 1. The molecule has 1 aliphatic rings. The molecule has 0 bridgehead atoms. The first kappa shape index (κ1) is 15.8. The van der Waals surface area contributed by atoms with Crippen molar-refractivity contribution in [2.24, 2.45) is 0 Å². The summed E-state index contributed by atoms with van der Waals surface area (Å²) in [4.78, 5) is 16.2. The number of aromatic nitrogens is 4. The van der Waals surface area contributed by atoms with E-state index in [4.69, 9.17) is 0 Å². The Kier molecular flexibility index (Phi) is 4.47. The van der Waals surface area contributed by atoms with E-state index in [1.165, 1.54) is 11.8 Å². The van der Waals surface area contributed by atoms with Crippen LogP contribution in [0.3, 0.4) is 0 Å². The highest BCUT2D eigenvalue weighted by atomic mass is 32.2. The molecule has 0 radical (unpaired) electrons. The van der Waals surface area contributed by atoms with E-state index in [1.807, 2.05) is 47.0 Å². The lowest BCUT2D eigenvalue weighted by Gasteiger charge is -2.10. The highest BCUT2D eigenvalue weighted by molar-refractivity contribution is 7.99. The van der Waals surface area contributed by atoms with Gasteiger partial charge in [0, 0.05) is 29.7 Å². The Morgan fingerprint density at radius 2 is 2.00 bits per heavy atom. The van der Waals surface area contributed by atoms with Gasteiger partial charge in [-0.15, -0.1) is 10.2 Å². The van der Waals surface area contributed by atoms with Crippen LogP contribution in [0.5, 0.6) is 0 Å². The number of thioether (sulfide) groups is 1. The molecule has 7 heteroatoms. The summed E-state index contributed by atoms with van der Waals surface area (Å²) in [6.45, 7) is 0. The Morgan fingerprint density at radius 1 is 1.16 bits per heavy atom. The summed E-state index contributed by atoms with van der Waals surface area (Å²) in [5, 5.41) is 12.3. The second kappa shape index (κ2) is 7.06. The average Bonchev–Trinajstić information content (AvgIpc) is 3.37. The number of benzene rings is 1. The van der Waals surface area contributed by atoms with E-state index in [-0.39, 0.29) is 5.91 Å². The molecule has 2 aromatic heterocycles. The number of carbonyl (C=O) groups is 1. The molecular weight excluding hydrogens is 334 g/mol. The number of hydrogen-bond acceptors (Lipinski definition) is 5. The van der Waals surface area contributed by atoms with Crippen LogP contribution in [0.25, 0.3) is 17.1 Å². The lowest BCUT2D eigenvalue weighted by atomic mass is 10.2. The van der Waals surface area contributed by atoms with Crippen molar-refractivity contribution in [3.05, 3.63) is 54.9 Å². The number of carbonyl (C=O) groups excluding carboxylic acids is 1. The molecule has 1 saturated carbocycles. The van der Waals surface area contributed by atoms with E-state index >= 15 is 0 Å². The van der Waals surface area contributed by atoms with Crippen LogP contribution in [-0.4, -0.2) is 37.5 Å². The first-order chi connectivity index (χ1) is 12.3. The van der Waals surface area contributed by atoms with Crippen molar-refractivity contribution in [3.8, 4) is 17.1 Å². The summed E-state index contributed by atoms with van der Waals surface area (Å²) in [5.74, 6) is 1.08. The third-order valence-electron chi connectivity index (χ3n) is 3.84. The van der Waals surface area contributed by atoms with Crippen LogP contribution >= 0.6 is 11.8 Å². The van der Waals surface area contributed by atoms with Gasteiger partial charge in [0.05, 0.1) is 5.75 Å². The zero-order valence-electron chi connectivity index (χ0n) is 13.5. The maximum Gasteiger partial charge on any atom is 0.230 e. The van der Waals surface area contributed by atoms with Crippen molar-refractivity contribution in [1.82, 2.24) is 25.1 Å². The molecule has 1 N–H and O–H groups in total. The zero-order valence-corrected chi connectivity index (χ0v) is 14.3. The Labute approximate surface area is 149 Å². The van der Waals surface area contributed by atoms with Gasteiger partial charge >= 0.3 is 0 Å². The van der Waals surface area contributed by atoms with Crippen molar-refractivity contribution in [2.75, 3.05) is 5.75 Å². The summed E-state index contributed by atoms with van der Waals surface area (Å²) in [5.41, 5.74) is 1.84. The number of rotatable bonds is 6. The van der Waals surface area contributed by atoms with Gasteiger partial charge in [-0.3, -0.25) is 14.3 Å². The van der Waals surface area contributed by atoms with Crippen molar-refractivity contribution in [3.63, 3.8) is 0 Å². The quantitative estimate of drug-likeness (QED) is 0.691. The second-order valence-corrected chi connectivity index (χ2v) is 6.79. The maximum atomic E-state index is 12.0. The number of para-hydroxylation sites is 1. The molecule has 25 heavy (non-hydrogen) atoms. The number of nitrogens with zero attached hydrogens (tertiary/aromatic N) is 4. The molecule has 1 amide bonds. The Bertz CT molecular complexity index is 862. The van der Waals surface area contributed by atoms with Crippen LogP contribution < -0.4 is 5.32 Å². The van der Waals surface area contributed by atoms with Crippen molar-refractivity contribution in [2.45, 2.75) is 24.0 Å². The summed E-state index contributed by atoms with van der Waals surface area (Å²) >= 11 is 1.39. The van der Waals surface area contributed by atoms with Gasteiger partial charge in [-0.1, -0.05) is 30.0 Å². The van der Waals surface area contributed by atoms with Crippen molar-refractivity contribution in [1.29, 1.82) is 0 Å². The predicted molar refractivity (Wildman–Crippen MR) is 96.5 cm³/mol. The molecule has 0 atom stereocenters. The van der Waals surface area contributed by atoms with Crippen LogP contribution in [0.15, 0.2) is 60.0 Å². The van der Waals surface area contributed by atoms with E-state index in [1.54, 1.807) is 12.4 Å². The Balaban J connectivity index is 1.64. The third-order valence-corrected chi connectivity index (χ3v) is 4.77. The van der Waals surface area contributed by atoms with Crippen LogP contribution in [0, 0.1) is 0 Å². The van der Waals surface area contributed by atoms with Gasteiger partial charge in [0.15, 0.2) is 11.0 Å². The highest BCUT2D eigenvalue weighted by Crippen LogP contribution is 2.27. The molecule has 0 spiro atoms. The molecule has 6 nitrogen and oxygen atoms in total. The van der Waals surface area contributed by atoms with Gasteiger partial charge in [-0.25, -0.2) is 0 Å². The SMILES string of the molecule is O=C(CSc1nnc(-c2cccnc2)n1-c1ccccc1)NC1CC1. The second-order valence-electron chi connectivity index (χ2n) is 5.85. The summed E-state index contributed by atoms with van der Waals surface area (Å²) < 4.78 is 1.96. The van der Waals surface area contributed by atoms with Crippen molar-refractivity contribution >= 4 is 17.7 Å². The van der Waals surface area contributed by atoms with Gasteiger partial charge in [0.2, 0.25) is 5.91 Å². The molecule has 0 saturated heterocycles. The summed E-state index contributed by atoms with van der Waals surface area (Å²) in [7, 11) is 0. The predicted octanol–water partition coefficient (Wildman–Crippen LogP) is 2.70. The van der Waals surface area contributed by atoms with Crippen LogP contribution in [0.2, 0.25) is 0 Å². The number of nitrogens with one attached hydrogen (secondary N) is 1. The smallest absolute Gasteiger partial charge is 0.230 e. The van der Waals surface area contributed by atoms with E-state index in [9.17, 15) is 4.79 Å². The van der Waals surface area contributed by atoms with E-state index in [0.717, 1.165) is 24.1 Å². The van der Waals surface area contributed by atoms with Gasteiger partial charge in [-0.2, -0.15) is 0 Å². The molecule has 126 valence electrons. The molecule has 0 unspecified atom stereocenters. The van der Waals surface area contributed by atoms with Gasteiger partial charge < -0.3 is 5.32 Å². The average molecular weight is 351 g/mol. The van der Waals surface area contributed by atoms with Crippen LogP contribution in [0.4, 0.5) is 0 Å². The fourth-order valence-electron chi connectivity index (χ4n) is 2.48. The Morgan fingerprint density at radius 3 is 2.72 bits per heavy atom. The minimum absolute atomic E-state index is 0.0399. The topological polar surface area (TPSA) is 72.7 Å². The maximum absolute atomic E-state index is 12.0. The van der Waals surface area contributed by atoms with Gasteiger partial charge in [0.1, 0.15) is 0 Å². The third kappa shape index (κ3) is 3.71. The molecule has 2 heterocycles. The first-order valence-corrected chi connectivity index (χ1v) is 9.13. The molecule has 1 fully saturated rings. The molecule has 1 aromatic carbocycles. The fraction of sp³-hybridized carbons (Fsp3) is 0.222. The van der Waals surface area contributed by atoms with Crippen LogP contribution in [0.1, 0.15) is 12.8 Å². The van der Waals surface area contributed by atoms with E-state index in [0.29, 0.717) is 22.8 Å². The standard InChI is InChI=1S/C18H17N5OS/c24-16(20-14-8-9-14)12-25-18-22-21-17(13-5-4-10-19-11-13)23(18)15-6-2-1-3-7-15/h1-7,10-11,14H,8-9,12H2,(H,20,24). The normalized spacial score (nSPS) is 13.6. The zero-order chi connectivity index (χ0) is 17.1. The van der Waals surface area contributed by atoms with Crippen molar-refractivity contribution < 1.29 is 4.79 Å². The molecule has 4 rings (SSSR count). The minimum Gasteiger partial charge on any atom is -0.353 e. The van der Waals surface area contributed by atoms with Gasteiger partial charge in [-0.05, 0) is 37.1 Å². The van der Waals surface area contributed by atoms with E-state index in [2.05, 4.69) is 20.5 Å².